The van der Waals surface area contributed by atoms with Gasteiger partial charge in [-0.3, -0.25) is 4.98 Å². The fourth-order valence-corrected chi connectivity index (χ4v) is 3.84. The van der Waals surface area contributed by atoms with Crippen molar-refractivity contribution in [3.05, 3.63) is 41.0 Å². The van der Waals surface area contributed by atoms with Crippen molar-refractivity contribution in [3.63, 3.8) is 0 Å². The molecule has 0 saturated heterocycles. The Hall–Kier alpha value is -1.16. The van der Waals surface area contributed by atoms with Gasteiger partial charge in [0.2, 0.25) is 0 Å². The van der Waals surface area contributed by atoms with E-state index in [9.17, 15) is 5.11 Å². The molecule has 1 atom stereocenters. The molecule has 0 aliphatic heterocycles. The molecule has 27 heavy (non-hydrogen) atoms. The quantitative estimate of drug-likeness (QED) is 0.403. The first-order valence-corrected chi connectivity index (χ1v) is 11.0. The molecule has 0 saturated carbocycles. The average Bonchev–Trinajstić information content (AvgIpc) is 2.68. The van der Waals surface area contributed by atoms with Crippen LogP contribution in [-0.4, -0.2) is 34.6 Å². The highest BCUT2D eigenvalue weighted by atomic mass is 35.5. The summed E-state index contributed by atoms with van der Waals surface area (Å²) in [5.74, 6) is 0. The monoisotopic (exact) mass is 390 g/mol. The molecule has 1 N–H and O–H groups in total. The van der Waals surface area contributed by atoms with Gasteiger partial charge < -0.3 is 10.0 Å². The highest BCUT2D eigenvalue weighted by Gasteiger charge is 2.16. The normalized spacial score (nSPS) is 12.8. The summed E-state index contributed by atoms with van der Waals surface area (Å²) >= 11 is 6.28. The van der Waals surface area contributed by atoms with Crippen LogP contribution in [0, 0.1) is 0 Å². The van der Waals surface area contributed by atoms with Gasteiger partial charge >= 0.3 is 0 Å². The number of aliphatic hydroxyl groups is 1. The molecule has 150 valence electrons. The lowest BCUT2D eigenvalue weighted by molar-refractivity contribution is 0.111. The summed E-state index contributed by atoms with van der Waals surface area (Å²) in [6, 6.07) is 7.70. The number of pyridine rings is 1. The molecule has 1 aromatic carbocycles. The van der Waals surface area contributed by atoms with Gasteiger partial charge in [0.25, 0.3) is 0 Å². The van der Waals surface area contributed by atoms with Crippen molar-refractivity contribution in [1.29, 1.82) is 0 Å². The molecule has 0 fully saturated rings. The van der Waals surface area contributed by atoms with E-state index in [4.69, 9.17) is 11.6 Å². The SMILES string of the molecule is CCCCCCN(CCCCCC)CC(O)c1ccnc2c(Cl)cccc12. The number of unbranched alkanes of at least 4 members (excludes halogenated alkanes) is 6. The molecule has 0 radical (unpaired) electrons. The Morgan fingerprint density at radius 1 is 0.963 bits per heavy atom. The smallest absolute Gasteiger partial charge is 0.0924 e. The molecule has 0 aliphatic carbocycles. The van der Waals surface area contributed by atoms with Crippen LogP contribution in [0.25, 0.3) is 10.9 Å². The van der Waals surface area contributed by atoms with E-state index in [0.29, 0.717) is 11.6 Å². The predicted octanol–water partition coefficient (Wildman–Crippen LogP) is 6.38. The van der Waals surface area contributed by atoms with Gasteiger partial charge in [0.05, 0.1) is 16.6 Å². The Morgan fingerprint density at radius 2 is 1.63 bits per heavy atom. The Labute approximate surface area is 169 Å². The number of halogens is 1. The van der Waals surface area contributed by atoms with Crippen LogP contribution in [0.3, 0.4) is 0 Å². The van der Waals surface area contributed by atoms with E-state index < -0.39 is 6.10 Å². The summed E-state index contributed by atoms with van der Waals surface area (Å²) < 4.78 is 0. The first-order chi connectivity index (χ1) is 13.2. The molecule has 0 amide bonds. The number of benzene rings is 1. The maximum absolute atomic E-state index is 11.0. The number of aliphatic hydroxyl groups excluding tert-OH is 1. The zero-order valence-corrected chi connectivity index (χ0v) is 17.7. The lowest BCUT2D eigenvalue weighted by Gasteiger charge is -2.26. The Kier molecular flexibility index (Phi) is 10.1. The fourth-order valence-electron chi connectivity index (χ4n) is 3.61. The maximum atomic E-state index is 11.0. The first-order valence-electron chi connectivity index (χ1n) is 10.6. The van der Waals surface area contributed by atoms with Crippen molar-refractivity contribution in [2.24, 2.45) is 0 Å². The summed E-state index contributed by atoms with van der Waals surface area (Å²) in [4.78, 5) is 6.82. The van der Waals surface area contributed by atoms with Gasteiger partial charge in [-0.1, -0.05) is 76.1 Å². The van der Waals surface area contributed by atoms with Crippen LogP contribution in [0.15, 0.2) is 30.5 Å². The Bertz CT molecular complexity index is 664. The number of nitrogens with zero attached hydrogens (tertiary/aromatic N) is 2. The summed E-state index contributed by atoms with van der Waals surface area (Å²) in [7, 11) is 0. The number of fused-ring (bicyclic) bond motifs is 1. The third-order valence-electron chi connectivity index (χ3n) is 5.20. The number of hydrogen-bond donors (Lipinski definition) is 1. The first kappa shape index (κ1) is 22.1. The molecule has 1 heterocycles. The molecule has 1 aromatic heterocycles. The minimum Gasteiger partial charge on any atom is -0.387 e. The summed E-state index contributed by atoms with van der Waals surface area (Å²) in [6.45, 7) is 7.28. The van der Waals surface area contributed by atoms with E-state index in [0.717, 1.165) is 29.6 Å². The van der Waals surface area contributed by atoms with Crippen molar-refractivity contribution in [2.75, 3.05) is 19.6 Å². The molecule has 2 rings (SSSR count). The molecule has 4 heteroatoms. The topological polar surface area (TPSA) is 36.4 Å². The van der Waals surface area contributed by atoms with Gasteiger partial charge in [-0.05, 0) is 43.6 Å². The fraction of sp³-hybridized carbons (Fsp3) is 0.609. The van der Waals surface area contributed by atoms with Crippen LogP contribution in [0.4, 0.5) is 0 Å². The molecule has 0 aliphatic rings. The van der Waals surface area contributed by atoms with E-state index in [1.54, 1.807) is 6.20 Å². The van der Waals surface area contributed by atoms with Crippen LogP contribution in [0.5, 0.6) is 0 Å². The van der Waals surface area contributed by atoms with E-state index in [-0.39, 0.29) is 0 Å². The highest BCUT2D eigenvalue weighted by Crippen LogP contribution is 2.28. The standard InChI is InChI=1S/C23H35ClN2O/c1-3-5-7-9-16-26(17-10-8-6-4-2)18-22(27)19-14-15-25-23-20(19)12-11-13-21(23)24/h11-15,22,27H,3-10,16-18H2,1-2H3. The molecular weight excluding hydrogens is 356 g/mol. The average molecular weight is 391 g/mol. The van der Waals surface area contributed by atoms with Gasteiger partial charge in [0, 0.05) is 18.1 Å². The second-order valence-corrected chi connectivity index (χ2v) is 7.88. The number of aromatic nitrogens is 1. The minimum absolute atomic E-state index is 0.522. The third-order valence-corrected chi connectivity index (χ3v) is 5.51. The van der Waals surface area contributed by atoms with Crippen molar-refractivity contribution in [2.45, 2.75) is 71.3 Å². The lowest BCUT2D eigenvalue weighted by Crippen LogP contribution is -2.31. The van der Waals surface area contributed by atoms with E-state index in [1.165, 1.54) is 51.4 Å². The predicted molar refractivity (Wildman–Crippen MR) is 116 cm³/mol. The van der Waals surface area contributed by atoms with Crippen LogP contribution in [0.1, 0.15) is 76.9 Å². The van der Waals surface area contributed by atoms with Gasteiger partial charge in [0.15, 0.2) is 0 Å². The zero-order chi connectivity index (χ0) is 19.5. The third kappa shape index (κ3) is 7.06. The van der Waals surface area contributed by atoms with Crippen LogP contribution in [-0.2, 0) is 0 Å². The second kappa shape index (κ2) is 12.3. The molecule has 3 nitrogen and oxygen atoms in total. The van der Waals surface area contributed by atoms with Crippen molar-refractivity contribution >= 4 is 22.5 Å². The van der Waals surface area contributed by atoms with E-state index in [2.05, 4.69) is 23.7 Å². The van der Waals surface area contributed by atoms with E-state index in [1.807, 2.05) is 24.3 Å². The maximum Gasteiger partial charge on any atom is 0.0924 e. The highest BCUT2D eigenvalue weighted by molar-refractivity contribution is 6.35. The number of rotatable bonds is 13. The minimum atomic E-state index is -0.522. The lowest BCUT2D eigenvalue weighted by atomic mass is 10.0. The summed E-state index contributed by atoms with van der Waals surface area (Å²) in [5, 5.41) is 12.6. The van der Waals surface area contributed by atoms with Crippen LogP contribution >= 0.6 is 11.6 Å². The molecular formula is C23H35ClN2O. The molecule has 0 spiro atoms. The van der Waals surface area contributed by atoms with Crippen molar-refractivity contribution in [1.82, 2.24) is 9.88 Å². The van der Waals surface area contributed by atoms with Gasteiger partial charge in [0.1, 0.15) is 0 Å². The molecule has 1 unspecified atom stereocenters. The van der Waals surface area contributed by atoms with Crippen LogP contribution in [0.2, 0.25) is 5.02 Å². The summed E-state index contributed by atoms with van der Waals surface area (Å²) in [5.41, 5.74) is 1.70. The number of hydrogen-bond acceptors (Lipinski definition) is 3. The molecule has 2 aromatic rings. The Balaban J connectivity index is 2.04. The largest absolute Gasteiger partial charge is 0.387 e. The second-order valence-electron chi connectivity index (χ2n) is 7.47. The van der Waals surface area contributed by atoms with Crippen LogP contribution < -0.4 is 0 Å². The van der Waals surface area contributed by atoms with E-state index >= 15 is 0 Å². The molecule has 0 bridgehead atoms. The van der Waals surface area contributed by atoms with Crippen molar-refractivity contribution < 1.29 is 5.11 Å². The summed E-state index contributed by atoms with van der Waals surface area (Å²) in [6.07, 6.45) is 11.3. The zero-order valence-electron chi connectivity index (χ0n) is 17.0. The Morgan fingerprint density at radius 3 is 2.26 bits per heavy atom. The van der Waals surface area contributed by atoms with Gasteiger partial charge in [-0.2, -0.15) is 0 Å². The number of para-hydroxylation sites is 1. The van der Waals surface area contributed by atoms with Gasteiger partial charge in [-0.15, -0.1) is 0 Å². The van der Waals surface area contributed by atoms with Gasteiger partial charge in [-0.25, -0.2) is 0 Å². The van der Waals surface area contributed by atoms with Crippen molar-refractivity contribution in [3.8, 4) is 0 Å².